The minimum atomic E-state index is 0.340. The lowest BCUT2D eigenvalue weighted by molar-refractivity contribution is 0.282. The molecule has 0 amide bonds. The molecule has 2 nitrogen and oxygen atoms in total. The van der Waals surface area contributed by atoms with Crippen molar-refractivity contribution in [2.24, 2.45) is 0 Å². The summed E-state index contributed by atoms with van der Waals surface area (Å²) in [5, 5.41) is 8.77. The summed E-state index contributed by atoms with van der Waals surface area (Å²) < 4.78 is 5.89. The third-order valence-electron chi connectivity index (χ3n) is 5.72. The van der Waals surface area contributed by atoms with Gasteiger partial charge in [0.1, 0.15) is 5.75 Å². The van der Waals surface area contributed by atoms with Crippen molar-refractivity contribution in [1.29, 1.82) is 0 Å². The molecule has 0 aliphatic carbocycles. The van der Waals surface area contributed by atoms with Crippen LogP contribution in [0.4, 0.5) is 0 Å². The SMILES string of the molecule is CCCCc1ccc(/C=C/c2ccc(OCCCCCCCCCCCO)cc2)cc1. The van der Waals surface area contributed by atoms with Crippen LogP contribution in [0.25, 0.3) is 12.2 Å². The fourth-order valence-electron chi connectivity index (χ4n) is 3.69. The summed E-state index contributed by atoms with van der Waals surface area (Å²) in [4.78, 5) is 0. The Labute approximate surface area is 190 Å². The van der Waals surface area contributed by atoms with E-state index in [-0.39, 0.29) is 0 Å². The predicted molar refractivity (Wildman–Crippen MR) is 135 cm³/mol. The molecule has 0 spiro atoms. The molecule has 0 radical (unpaired) electrons. The average Bonchev–Trinajstić information content (AvgIpc) is 2.81. The van der Waals surface area contributed by atoms with Gasteiger partial charge in [0.05, 0.1) is 6.61 Å². The maximum Gasteiger partial charge on any atom is 0.119 e. The molecule has 2 aromatic rings. The first-order valence-corrected chi connectivity index (χ1v) is 12.4. The van der Waals surface area contributed by atoms with Crippen LogP contribution in [0, 0.1) is 0 Å². The minimum absolute atomic E-state index is 0.340. The van der Waals surface area contributed by atoms with Gasteiger partial charge in [-0.1, -0.05) is 107 Å². The molecule has 0 aliphatic heterocycles. The van der Waals surface area contributed by atoms with Crippen molar-refractivity contribution in [2.75, 3.05) is 13.2 Å². The predicted octanol–water partition coefficient (Wildman–Crippen LogP) is 8.08. The number of hydrogen-bond donors (Lipinski definition) is 1. The van der Waals surface area contributed by atoms with Gasteiger partial charge < -0.3 is 9.84 Å². The van der Waals surface area contributed by atoms with Gasteiger partial charge in [-0.15, -0.1) is 0 Å². The zero-order valence-electron chi connectivity index (χ0n) is 19.5. The Morgan fingerprint density at radius 2 is 1.16 bits per heavy atom. The Balaban J connectivity index is 1.57. The molecule has 31 heavy (non-hydrogen) atoms. The summed E-state index contributed by atoms with van der Waals surface area (Å²) in [5.41, 5.74) is 3.86. The summed E-state index contributed by atoms with van der Waals surface area (Å²) in [6.07, 6.45) is 19.0. The highest BCUT2D eigenvalue weighted by atomic mass is 16.5. The molecule has 2 rings (SSSR count). The topological polar surface area (TPSA) is 29.5 Å². The first kappa shape index (κ1) is 25.2. The van der Waals surface area contributed by atoms with Gasteiger partial charge in [0.25, 0.3) is 0 Å². The number of ether oxygens (including phenoxy) is 1. The maximum absolute atomic E-state index is 8.77. The van der Waals surface area contributed by atoms with E-state index < -0.39 is 0 Å². The molecule has 0 heterocycles. The van der Waals surface area contributed by atoms with Crippen LogP contribution < -0.4 is 4.74 Å². The summed E-state index contributed by atoms with van der Waals surface area (Å²) in [7, 11) is 0. The van der Waals surface area contributed by atoms with E-state index in [0.29, 0.717) is 6.61 Å². The lowest BCUT2D eigenvalue weighted by Gasteiger charge is -2.06. The standard InChI is InChI=1S/C29H42O2/c1-2-3-13-26-14-16-27(17-15-26)18-19-28-20-22-29(23-21-28)31-25-12-10-8-6-4-5-7-9-11-24-30/h14-23,30H,2-13,24-25H2,1H3/b19-18+. The molecule has 0 saturated heterocycles. The van der Waals surface area contributed by atoms with E-state index in [1.165, 1.54) is 80.9 Å². The van der Waals surface area contributed by atoms with Crippen LogP contribution in [0.1, 0.15) is 94.2 Å². The number of rotatable bonds is 17. The smallest absolute Gasteiger partial charge is 0.119 e. The fourth-order valence-corrected chi connectivity index (χ4v) is 3.69. The summed E-state index contributed by atoms with van der Waals surface area (Å²) in [5.74, 6) is 0.960. The monoisotopic (exact) mass is 422 g/mol. The molecule has 2 heteroatoms. The number of benzene rings is 2. The first-order valence-electron chi connectivity index (χ1n) is 12.4. The average molecular weight is 423 g/mol. The molecule has 170 valence electrons. The normalized spacial score (nSPS) is 11.3. The molecule has 0 aromatic heterocycles. The lowest BCUT2D eigenvalue weighted by Crippen LogP contribution is -1.97. The minimum Gasteiger partial charge on any atom is -0.494 e. The largest absolute Gasteiger partial charge is 0.494 e. The fraction of sp³-hybridized carbons (Fsp3) is 0.517. The van der Waals surface area contributed by atoms with Crippen LogP contribution in [0.2, 0.25) is 0 Å². The second-order valence-electron chi connectivity index (χ2n) is 8.50. The van der Waals surface area contributed by atoms with Gasteiger partial charge in [-0.25, -0.2) is 0 Å². The molecule has 2 aromatic carbocycles. The van der Waals surface area contributed by atoms with Gasteiger partial charge in [-0.05, 0) is 54.5 Å². The van der Waals surface area contributed by atoms with Crippen LogP contribution in [0.15, 0.2) is 48.5 Å². The number of hydrogen-bond acceptors (Lipinski definition) is 2. The van der Waals surface area contributed by atoms with Crippen molar-refractivity contribution in [1.82, 2.24) is 0 Å². The number of aryl methyl sites for hydroxylation is 1. The molecule has 0 unspecified atom stereocenters. The number of aliphatic hydroxyl groups excluding tert-OH is 1. The Morgan fingerprint density at radius 1 is 0.645 bits per heavy atom. The number of unbranched alkanes of at least 4 members (excludes halogenated alkanes) is 9. The van der Waals surface area contributed by atoms with Crippen molar-refractivity contribution in [3.63, 3.8) is 0 Å². The molecule has 1 N–H and O–H groups in total. The van der Waals surface area contributed by atoms with Gasteiger partial charge in [0.2, 0.25) is 0 Å². The van der Waals surface area contributed by atoms with E-state index in [0.717, 1.165) is 25.2 Å². The second kappa shape index (κ2) is 16.6. The third-order valence-corrected chi connectivity index (χ3v) is 5.72. The maximum atomic E-state index is 8.77. The van der Waals surface area contributed by atoms with Gasteiger partial charge in [0.15, 0.2) is 0 Å². The lowest BCUT2D eigenvalue weighted by atomic mass is 10.1. The van der Waals surface area contributed by atoms with Crippen LogP contribution in [-0.4, -0.2) is 18.3 Å². The molecule has 0 aliphatic rings. The van der Waals surface area contributed by atoms with E-state index in [1.807, 2.05) is 0 Å². The Hall–Kier alpha value is -2.06. The van der Waals surface area contributed by atoms with Gasteiger partial charge >= 0.3 is 0 Å². The van der Waals surface area contributed by atoms with Crippen LogP contribution in [-0.2, 0) is 6.42 Å². The Kier molecular flexibility index (Phi) is 13.5. The van der Waals surface area contributed by atoms with E-state index in [2.05, 4.69) is 67.6 Å². The quantitative estimate of drug-likeness (QED) is 0.206. The molecule has 0 bridgehead atoms. The first-order chi connectivity index (χ1) is 15.3. The molecule has 0 saturated carbocycles. The third kappa shape index (κ3) is 11.8. The van der Waals surface area contributed by atoms with Crippen LogP contribution in [0.3, 0.4) is 0 Å². The van der Waals surface area contributed by atoms with Crippen molar-refractivity contribution < 1.29 is 9.84 Å². The Morgan fingerprint density at radius 3 is 1.71 bits per heavy atom. The van der Waals surface area contributed by atoms with Crippen LogP contribution >= 0.6 is 0 Å². The highest BCUT2D eigenvalue weighted by Crippen LogP contribution is 2.16. The summed E-state index contributed by atoms with van der Waals surface area (Å²) in [6.45, 7) is 3.38. The van der Waals surface area contributed by atoms with Gasteiger partial charge in [-0.3, -0.25) is 0 Å². The summed E-state index contributed by atoms with van der Waals surface area (Å²) in [6, 6.07) is 17.3. The van der Waals surface area contributed by atoms with Crippen molar-refractivity contribution in [3.8, 4) is 5.75 Å². The van der Waals surface area contributed by atoms with Gasteiger partial charge in [0, 0.05) is 6.61 Å². The van der Waals surface area contributed by atoms with E-state index >= 15 is 0 Å². The van der Waals surface area contributed by atoms with Crippen LogP contribution in [0.5, 0.6) is 5.75 Å². The highest BCUT2D eigenvalue weighted by molar-refractivity contribution is 5.69. The van der Waals surface area contributed by atoms with E-state index in [4.69, 9.17) is 9.84 Å². The highest BCUT2D eigenvalue weighted by Gasteiger charge is 1.97. The van der Waals surface area contributed by atoms with E-state index in [1.54, 1.807) is 0 Å². The van der Waals surface area contributed by atoms with Gasteiger partial charge in [-0.2, -0.15) is 0 Å². The zero-order valence-corrected chi connectivity index (χ0v) is 19.5. The van der Waals surface area contributed by atoms with Crippen molar-refractivity contribution >= 4 is 12.2 Å². The zero-order chi connectivity index (χ0) is 22.0. The molecular formula is C29H42O2. The number of aliphatic hydroxyl groups is 1. The molecule has 0 atom stereocenters. The van der Waals surface area contributed by atoms with Crippen molar-refractivity contribution in [3.05, 3.63) is 65.2 Å². The second-order valence-corrected chi connectivity index (χ2v) is 8.50. The van der Waals surface area contributed by atoms with E-state index in [9.17, 15) is 0 Å². The molecular weight excluding hydrogens is 380 g/mol. The summed E-state index contributed by atoms with van der Waals surface area (Å²) >= 11 is 0. The van der Waals surface area contributed by atoms with Crippen molar-refractivity contribution in [2.45, 2.75) is 84.0 Å². The molecule has 0 fully saturated rings. The Bertz CT molecular complexity index is 701.